The largest absolute Gasteiger partial charge is 0.452 e. The van der Waals surface area contributed by atoms with E-state index in [-0.39, 0.29) is 17.9 Å². The maximum atomic E-state index is 12.5. The molecule has 2 aromatic heterocycles. The Bertz CT molecular complexity index is 1290. The highest BCUT2D eigenvalue weighted by atomic mass is 32.2. The summed E-state index contributed by atoms with van der Waals surface area (Å²) in [6.45, 7) is 0.218. The van der Waals surface area contributed by atoms with E-state index in [0.717, 1.165) is 16.5 Å². The van der Waals surface area contributed by atoms with Crippen molar-refractivity contribution in [3.05, 3.63) is 52.1 Å². The number of aromatic amines is 1. The lowest BCUT2D eigenvalue weighted by Gasteiger charge is -2.22. The lowest BCUT2D eigenvalue weighted by atomic mass is 10.0. The summed E-state index contributed by atoms with van der Waals surface area (Å²) in [5.41, 5.74) is 3.71. The van der Waals surface area contributed by atoms with Gasteiger partial charge in [-0.25, -0.2) is 13.2 Å². The third-order valence-electron chi connectivity index (χ3n) is 4.89. The van der Waals surface area contributed by atoms with Gasteiger partial charge >= 0.3 is 6.09 Å². The van der Waals surface area contributed by atoms with Crippen molar-refractivity contribution in [2.24, 2.45) is 7.05 Å². The van der Waals surface area contributed by atoms with Crippen molar-refractivity contribution in [2.45, 2.75) is 12.3 Å². The first kappa shape index (κ1) is 18.3. The second kappa shape index (κ2) is 6.23. The van der Waals surface area contributed by atoms with Crippen LogP contribution < -0.4 is 10.5 Å². The maximum Gasteiger partial charge on any atom is 0.414 e. The molecule has 0 fully saturated rings. The molecule has 0 bridgehead atoms. The van der Waals surface area contributed by atoms with Crippen LogP contribution in [0.4, 0.5) is 10.5 Å². The highest BCUT2D eigenvalue weighted by Crippen LogP contribution is 2.41. The van der Waals surface area contributed by atoms with Gasteiger partial charge in [0, 0.05) is 42.2 Å². The number of aryl methyl sites for hydroxylation is 1. The fourth-order valence-electron chi connectivity index (χ4n) is 3.80. The molecule has 0 unspecified atom stereocenters. The Morgan fingerprint density at radius 1 is 1.29 bits per heavy atom. The number of fused-ring (bicyclic) bond motifs is 2. The van der Waals surface area contributed by atoms with E-state index in [1.807, 2.05) is 6.20 Å². The Balaban J connectivity index is 2.06. The van der Waals surface area contributed by atoms with Gasteiger partial charge in [0.1, 0.15) is 5.52 Å². The van der Waals surface area contributed by atoms with Gasteiger partial charge in [-0.3, -0.25) is 9.69 Å². The molecule has 0 saturated carbocycles. The predicted molar refractivity (Wildman–Crippen MR) is 106 cm³/mol. The van der Waals surface area contributed by atoms with Gasteiger partial charge in [-0.1, -0.05) is 6.07 Å². The quantitative estimate of drug-likeness (QED) is 0.709. The van der Waals surface area contributed by atoms with Gasteiger partial charge in [0.05, 0.1) is 25.1 Å². The van der Waals surface area contributed by atoms with Crippen molar-refractivity contribution < 1.29 is 17.9 Å². The number of methoxy groups -OCH3 is 1. The molecule has 28 heavy (non-hydrogen) atoms. The van der Waals surface area contributed by atoms with Gasteiger partial charge in [0.2, 0.25) is 0 Å². The number of rotatable bonds is 2. The average molecular weight is 401 g/mol. The van der Waals surface area contributed by atoms with Crippen LogP contribution in [0.25, 0.3) is 22.0 Å². The molecule has 3 heterocycles. The summed E-state index contributed by atoms with van der Waals surface area (Å²) in [6, 6.07) is 5.17. The van der Waals surface area contributed by atoms with Crippen LogP contribution >= 0.6 is 0 Å². The van der Waals surface area contributed by atoms with Crippen LogP contribution in [-0.4, -0.2) is 37.4 Å². The Labute approximate surface area is 161 Å². The van der Waals surface area contributed by atoms with E-state index in [1.165, 1.54) is 18.3 Å². The monoisotopic (exact) mass is 401 g/mol. The van der Waals surface area contributed by atoms with E-state index in [1.54, 1.807) is 36.0 Å². The van der Waals surface area contributed by atoms with Crippen molar-refractivity contribution in [2.75, 3.05) is 18.3 Å². The van der Waals surface area contributed by atoms with Crippen molar-refractivity contribution in [3.8, 4) is 11.1 Å². The first-order chi connectivity index (χ1) is 13.2. The number of benzene rings is 1. The summed E-state index contributed by atoms with van der Waals surface area (Å²) in [6.07, 6.45) is 4.07. The van der Waals surface area contributed by atoms with Crippen LogP contribution in [0.3, 0.4) is 0 Å². The second-order valence-corrected chi connectivity index (χ2v) is 9.14. The van der Waals surface area contributed by atoms with E-state index in [4.69, 9.17) is 4.74 Å². The molecule has 0 aliphatic carbocycles. The number of anilines is 1. The molecule has 0 radical (unpaired) electrons. The SMILES string of the molecule is COC(=O)N1Cc2c[nH]c(=O)c3c2c(cn3C)-c2cc(CS(C)(=O)=O)ccc21. The van der Waals surface area contributed by atoms with Crippen LogP contribution in [0.15, 0.2) is 35.4 Å². The van der Waals surface area contributed by atoms with Crippen molar-refractivity contribution in [1.29, 1.82) is 0 Å². The molecule has 4 rings (SSSR count). The van der Waals surface area contributed by atoms with Crippen LogP contribution in [0.1, 0.15) is 11.1 Å². The summed E-state index contributed by atoms with van der Waals surface area (Å²) >= 11 is 0. The fourth-order valence-corrected chi connectivity index (χ4v) is 4.59. The Morgan fingerprint density at radius 3 is 2.71 bits per heavy atom. The van der Waals surface area contributed by atoms with Gasteiger partial charge in [0.25, 0.3) is 5.56 Å². The first-order valence-corrected chi connectivity index (χ1v) is 10.6. The number of pyridine rings is 1. The minimum atomic E-state index is -3.23. The normalized spacial score (nSPS) is 13.3. The standard InChI is InChI=1S/C19H19N3O5S/c1-21-9-14-13-6-11(10-28(3,25)26)4-5-15(13)22(19(24)27-2)8-12-7-20-18(23)17(21)16(12)14/h4-7,9H,8,10H2,1-3H3,(H,20,23). The van der Waals surface area contributed by atoms with Crippen molar-refractivity contribution in [3.63, 3.8) is 0 Å². The number of hydrogen-bond donors (Lipinski definition) is 1. The van der Waals surface area contributed by atoms with E-state index < -0.39 is 15.9 Å². The molecule has 1 aliphatic heterocycles. The zero-order valence-corrected chi connectivity index (χ0v) is 16.5. The number of hydrogen-bond acceptors (Lipinski definition) is 5. The van der Waals surface area contributed by atoms with Crippen LogP contribution in [0.5, 0.6) is 0 Å². The summed E-state index contributed by atoms with van der Waals surface area (Å²) in [7, 11) is -0.138. The molecular formula is C19H19N3O5S. The smallest absolute Gasteiger partial charge is 0.414 e. The van der Waals surface area contributed by atoms with Gasteiger partial charge in [-0.15, -0.1) is 0 Å². The molecule has 1 aliphatic rings. The third-order valence-corrected chi connectivity index (χ3v) is 5.75. The van der Waals surface area contributed by atoms with Crippen LogP contribution in [0.2, 0.25) is 0 Å². The summed E-state index contributed by atoms with van der Waals surface area (Å²) in [5.74, 6) is -0.114. The van der Waals surface area contributed by atoms with Gasteiger partial charge < -0.3 is 14.3 Å². The summed E-state index contributed by atoms with van der Waals surface area (Å²) < 4.78 is 30.2. The minimum absolute atomic E-state index is 0.114. The molecular weight excluding hydrogens is 382 g/mol. The highest BCUT2D eigenvalue weighted by Gasteiger charge is 2.28. The second-order valence-electron chi connectivity index (χ2n) is 7.00. The number of nitrogens with one attached hydrogen (secondary N) is 1. The number of sulfone groups is 1. The predicted octanol–water partition coefficient (Wildman–Crippen LogP) is 2.16. The first-order valence-electron chi connectivity index (χ1n) is 8.55. The molecule has 0 saturated heterocycles. The number of amides is 1. The van der Waals surface area contributed by atoms with E-state index in [2.05, 4.69) is 4.98 Å². The summed E-state index contributed by atoms with van der Waals surface area (Å²) in [5, 5.41) is 0.746. The lowest BCUT2D eigenvalue weighted by molar-refractivity contribution is 0.178. The van der Waals surface area contributed by atoms with Crippen LogP contribution in [-0.2, 0) is 33.9 Å². The van der Waals surface area contributed by atoms with E-state index >= 15 is 0 Å². The van der Waals surface area contributed by atoms with Gasteiger partial charge in [-0.05, 0) is 23.3 Å². The maximum absolute atomic E-state index is 12.5. The molecule has 8 nitrogen and oxygen atoms in total. The van der Waals surface area contributed by atoms with Crippen molar-refractivity contribution in [1.82, 2.24) is 9.55 Å². The Hall–Kier alpha value is -3.07. The molecule has 0 atom stereocenters. The fraction of sp³-hybridized carbons (Fsp3) is 0.263. The van der Waals surface area contributed by atoms with Crippen molar-refractivity contribution >= 4 is 32.5 Å². The number of carbonyl (C=O) groups excluding carboxylic acids is 1. The number of H-pyrrole nitrogens is 1. The Kier molecular flexibility index (Phi) is 4.07. The molecule has 146 valence electrons. The summed E-state index contributed by atoms with van der Waals surface area (Å²) in [4.78, 5) is 29.0. The van der Waals surface area contributed by atoms with Crippen LogP contribution in [0, 0.1) is 0 Å². The molecule has 1 aromatic carbocycles. The average Bonchev–Trinajstić information content (AvgIpc) is 2.91. The third kappa shape index (κ3) is 2.88. The molecule has 0 spiro atoms. The van der Waals surface area contributed by atoms with Gasteiger partial charge in [-0.2, -0.15) is 0 Å². The number of nitrogens with zero attached hydrogens (tertiary/aromatic N) is 2. The zero-order chi connectivity index (χ0) is 20.2. The molecule has 3 aromatic rings. The Morgan fingerprint density at radius 2 is 2.04 bits per heavy atom. The lowest BCUT2D eigenvalue weighted by Crippen LogP contribution is -2.30. The molecule has 9 heteroatoms. The number of ether oxygens (including phenoxy) is 1. The zero-order valence-electron chi connectivity index (χ0n) is 15.6. The molecule has 1 amide bonds. The number of carbonyl (C=O) groups is 1. The van der Waals surface area contributed by atoms with E-state index in [9.17, 15) is 18.0 Å². The number of aromatic nitrogens is 2. The van der Waals surface area contributed by atoms with Gasteiger partial charge in [0.15, 0.2) is 9.84 Å². The highest BCUT2D eigenvalue weighted by molar-refractivity contribution is 7.89. The van der Waals surface area contributed by atoms with E-state index in [0.29, 0.717) is 22.3 Å². The topological polar surface area (TPSA) is 101 Å². The minimum Gasteiger partial charge on any atom is -0.452 e. The molecule has 1 N–H and O–H groups in total.